The van der Waals surface area contributed by atoms with Gasteiger partial charge in [-0.2, -0.15) is 0 Å². The van der Waals surface area contributed by atoms with Gasteiger partial charge < -0.3 is 19.3 Å². The van der Waals surface area contributed by atoms with Crippen molar-refractivity contribution in [1.82, 2.24) is 0 Å². The molecule has 1 aromatic rings. The number of rotatable bonds is 11. The summed E-state index contributed by atoms with van der Waals surface area (Å²) >= 11 is 0. The van der Waals surface area contributed by atoms with E-state index in [9.17, 15) is 14.7 Å². The Balaban J connectivity index is 1.67. The molecule has 0 amide bonds. The lowest BCUT2D eigenvalue weighted by molar-refractivity contribution is -0.162. The zero-order valence-electron chi connectivity index (χ0n) is 16.0. The molecular weight excluding hydrogens is 348 g/mol. The van der Waals surface area contributed by atoms with Crippen LogP contribution in [0, 0.1) is 5.92 Å². The number of carbonyl (C=O) groups excluding carboxylic acids is 1. The molecule has 1 saturated heterocycles. The number of esters is 1. The van der Waals surface area contributed by atoms with Gasteiger partial charge in [-0.25, -0.2) is 9.59 Å². The van der Waals surface area contributed by atoms with Gasteiger partial charge in [-0.15, -0.1) is 0 Å². The Kier molecular flexibility index (Phi) is 9.28. The predicted octanol–water partition coefficient (Wildman–Crippen LogP) is 4.28. The molecular formula is C21H30O6. The monoisotopic (exact) mass is 378 g/mol. The maximum atomic E-state index is 12.2. The van der Waals surface area contributed by atoms with E-state index in [4.69, 9.17) is 14.2 Å². The van der Waals surface area contributed by atoms with E-state index in [2.05, 4.69) is 6.92 Å². The summed E-state index contributed by atoms with van der Waals surface area (Å²) in [7, 11) is 0. The summed E-state index contributed by atoms with van der Waals surface area (Å²) in [5.74, 6) is -1.45. The first-order chi connectivity index (χ1) is 13.1. The second kappa shape index (κ2) is 11.7. The highest BCUT2D eigenvalue weighted by molar-refractivity contribution is 6.02. The molecule has 1 fully saturated rings. The fraction of sp³-hybridized carbons (Fsp3) is 0.619. The number of benzene rings is 1. The fourth-order valence-electron chi connectivity index (χ4n) is 3.12. The first kappa shape index (κ1) is 21.4. The smallest absolute Gasteiger partial charge is 0.339 e. The second-order valence-corrected chi connectivity index (χ2v) is 6.89. The van der Waals surface area contributed by atoms with Crippen molar-refractivity contribution in [2.45, 2.75) is 58.2 Å². The molecule has 0 spiro atoms. The van der Waals surface area contributed by atoms with Crippen LogP contribution in [-0.4, -0.2) is 43.2 Å². The minimum atomic E-state index is -1.13. The average Bonchev–Trinajstić information content (AvgIpc) is 2.70. The highest BCUT2D eigenvalue weighted by Crippen LogP contribution is 2.17. The number of hydrogen-bond donors (Lipinski definition) is 1. The summed E-state index contributed by atoms with van der Waals surface area (Å²) in [6.45, 7) is 3.85. The van der Waals surface area contributed by atoms with Crippen LogP contribution >= 0.6 is 0 Å². The maximum Gasteiger partial charge on any atom is 0.339 e. The highest BCUT2D eigenvalue weighted by Gasteiger charge is 2.18. The summed E-state index contributed by atoms with van der Waals surface area (Å²) in [4.78, 5) is 23.4. The number of hydrogen-bond acceptors (Lipinski definition) is 5. The largest absolute Gasteiger partial charge is 0.478 e. The molecule has 1 aromatic carbocycles. The van der Waals surface area contributed by atoms with Crippen LogP contribution in [0.15, 0.2) is 24.3 Å². The van der Waals surface area contributed by atoms with Gasteiger partial charge in [-0.1, -0.05) is 31.9 Å². The van der Waals surface area contributed by atoms with Crippen LogP contribution in [-0.2, 0) is 14.2 Å². The Bertz CT molecular complexity index is 594. The van der Waals surface area contributed by atoms with Gasteiger partial charge in [0, 0.05) is 13.2 Å². The Hall–Kier alpha value is -1.92. The first-order valence-corrected chi connectivity index (χ1v) is 9.84. The van der Waals surface area contributed by atoms with E-state index in [0.717, 1.165) is 45.1 Å². The first-order valence-electron chi connectivity index (χ1n) is 9.84. The molecule has 2 rings (SSSR count). The predicted molar refractivity (Wildman–Crippen MR) is 101 cm³/mol. The highest BCUT2D eigenvalue weighted by atomic mass is 16.7. The lowest BCUT2D eigenvalue weighted by Gasteiger charge is -2.22. The van der Waals surface area contributed by atoms with Crippen molar-refractivity contribution in [3.63, 3.8) is 0 Å². The van der Waals surface area contributed by atoms with Crippen molar-refractivity contribution in [2.75, 3.05) is 19.8 Å². The van der Waals surface area contributed by atoms with Gasteiger partial charge >= 0.3 is 11.9 Å². The normalized spacial score (nSPS) is 18.0. The molecule has 1 N–H and O–H groups in total. The summed E-state index contributed by atoms with van der Waals surface area (Å²) in [5.41, 5.74) is 0.0679. The van der Waals surface area contributed by atoms with Crippen molar-refractivity contribution in [2.24, 2.45) is 5.92 Å². The van der Waals surface area contributed by atoms with Crippen LogP contribution in [0.3, 0.4) is 0 Å². The molecule has 1 aliphatic rings. The van der Waals surface area contributed by atoms with Crippen LogP contribution in [0.4, 0.5) is 0 Å². The van der Waals surface area contributed by atoms with E-state index in [1.54, 1.807) is 12.1 Å². The molecule has 2 atom stereocenters. The standard InChI is InChI=1S/C21H30O6/c1-2-16(9-5-7-13-25-19-12-6-8-14-26-19)15-27-21(24)18-11-4-3-10-17(18)20(22)23/h3-4,10-11,16,19H,2,5-9,12-15H2,1H3,(H,22,23)/t16-,19+/m1/s1. The topological polar surface area (TPSA) is 82.1 Å². The summed E-state index contributed by atoms with van der Waals surface area (Å²) < 4.78 is 16.6. The van der Waals surface area contributed by atoms with Crippen molar-refractivity contribution in [3.8, 4) is 0 Å². The summed E-state index contributed by atoms with van der Waals surface area (Å²) in [6, 6.07) is 6.12. The summed E-state index contributed by atoms with van der Waals surface area (Å²) in [6.07, 6.45) is 7.01. The minimum absolute atomic E-state index is 0.0300. The lowest BCUT2D eigenvalue weighted by Crippen LogP contribution is -2.22. The number of ether oxygens (including phenoxy) is 3. The maximum absolute atomic E-state index is 12.2. The third-order valence-electron chi connectivity index (χ3n) is 4.85. The number of carboxylic acid groups (broad SMARTS) is 1. The second-order valence-electron chi connectivity index (χ2n) is 6.89. The average molecular weight is 378 g/mol. The van der Waals surface area contributed by atoms with E-state index in [1.807, 2.05) is 0 Å². The van der Waals surface area contributed by atoms with Crippen molar-refractivity contribution in [3.05, 3.63) is 35.4 Å². The van der Waals surface area contributed by atoms with Crippen molar-refractivity contribution >= 4 is 11.9 Å². The van der Waals surface area contributed by atoms with Gasteiger partial charge in [0.25, 0.3) is 0 Å². The Morgan fingerprint density at radius 2 is 2.00 bits per heavy atom. The van der Waals surface area contributed by atoms with Gasteiger partial charge in [-0.3, -0.25) is 0 Å². The Labute approximate surface area is 160 Å². The molecule has 1 aliphatic heterocycles. The molecule has 0 saturated carbocycles. The van der Waals surface area contributed by atoms with Crippen LogP contribution < -0.4 is 0 Å². The molecule has 0 aliphatic carbocycles. The molecule has 6 nitrogen and oxygen atoms in total. The van der Waals surface area contributed by atoms with Gasteiger partial charge in [0.2, 0.25) is 0 Å². The Morgan fingerprint density at radius 1 is 1.22 bits per heavy atom. The van der Waals surface area contributed by atoms with E-state index in [-0.39, 0.29) is 23.3 Å². The molecule has 0 radical (unpaired) electrons. The van der Waals surface area contributed by atoms with Gasteiger partial charge in [0.05, 0.1) is 17.7 Å². The molecule has 0 aromatic heterocycles. The van der Waals surface area contributed by atoms with Crippen LogP contribution in [0.2, 0.25) is 0 Å². The lowest BCUT2D eigenvalue weighted by atomic mass is 10.0. The molecule has 27 heavy (non-hydrogen) atoms. The number of unbranched alkanes of at least 4 members (excludes halogenated alkanes) is 1. The molecule has 150 valence electrons. The van der Waals surface area contributed by atoms with Crippen LogP contribution in [0.5, 0.6) is 0 Å². The molecule has 0 unspecified atom stereocenters. The molecule has 0 bridgehead atoms. The molecule has 1 heterocycles. The minimum Gasteiger partial charge on any atom is -0.478 e. The van der Waals surface area contributed by atoms with Crippen LogP contribution in [0.1, 0.15) is 72.6 Å². The SMILES string of the molecule is CC[C@H](CCCCO[C@@H]1CCCCO1)COC(=O)c1ccccc1C(=O)O. The third-order valence-corrected chi connectivity index (χ3v) is 4.85. The van der Waals surface area contributed by atoms with E-state index in [1.165, 1.54) is 18.6 Å². The summed E-state index contributed by atoms with van der Waals surface area (Å²) in [5, 5.41) is 9.17. The van der Waals surface area contributed by atoms with Crippen molar-refractivity contribution < 1.29 is 28.9 Å². The third kappa shape index (κ3) is 7.31. The zero-order chi connectivity index (χ0) is 19.5. The number of aromatic carboxylic acids is 1. The fourth-order valence-corrected chi connectivity index (χ4v) is 3.12. The molecule has 6 heteroatoms. The quantitative estimate of drug-likeness (QED) is 0.457. The number of carboxylic acids is 1. The van der Waals surface area contributed by atoms with Gasteiger partial charge in [0.15, 0.2) is 6.29 Å². The van der Waals surface area contributed by atoms with E-state index in [0.29, 0.717) is 13.2 Å². The number of carbonyl (C=O) groups is 2. The van der Waals surface area contributed by atoms with E-state index >= 15 is 0 Å². The Morgan fingerprint density at radius 3 is 2.67 bits per heavy atom. The van der Waals surface area contributed by atoms with Gasteiger partial charge in [-0.05, 0) is 50.2 Å². The van der Waals surface area contributed by atoms with Crippen molar-refractivity contribution in [1.29, 1.82) is 0 Å². The zero-order valence-corrected chi connectivity index (χ0v) is 16.0. The van der Waals surface area contributed by atoms with Crippen LogP contribution in [0.25, 0.3) is 0 Å². The van der Waals surface area contributed by atoms with Gasteiger partial charge in [0.1, 0.15) is 0 Å². The van der Waals surface area contributed by atoms with E-state index < -0.39 is 11.9 Å².